The zero-order chi connectivity index (χ0) is 11.0. The van der Waals surface area contributed by atoms with Crippen molar-refractivity contribution in [1.29, 1.82) is 0 Å². The average molecular weight is 243 g/mol. The van der Waals surface area contributed by atoms with E-state index in [1.807, 2.05) is 0 Å². The first-order valence-electron chi connectivity index (χ1n) is 4.20. The Morgan fingerprint density at radius 3 is 1.57 bits per heavy atom. The summed E-state index contributed by atoms with van der Waals surface area (Å²) in [7, 11) is 0. The van der Waals surface area contributed by atoms with Gasteiger partial charge in [0.25, 0.3) is 0 Å². The van der Waals surface area contributed by atoms with Crippen LogP contribution in [0.25, 0.3) is 0 Å². The summed E-state index contributed by atoms with van der Waals surface area (Å²) < 4.78 is 0. The summed E-state index contributed by atoms with van der Waals surface area (Å²) in [5.41, 5.74) is 0. The molecule has 0 aromatic carbocycles. The van der Waals surface area contributed by atoms with Crippen LogP contribution >= 0.6 is 0 Å². The Balaban J connectivity index is -0.000000209. The third-order valence-electron chi connectivity index (χ3n) is 1.18. The maximum Gasteiger partial charge on any atom is 2.00 e. The summed E-state index contributed by atoms with van der Waals surface area (Å²) in [5.74, 6) is -2.52. The first-order valence-corrected chi connectivity index (χ1v) is 4.20. The van der Waals surface area contributed by atoms with Crippen LogP contribution in [-0.4, -0.2) is 17.9 Å². The second-order valence-corrected chi connectivity index (χ2v) is 2.94. The quantitative estimate of drug-likeness (QED) is 0.475. The number of hydrogen-bond acceptors (Lipinski definition) is 4. The molecule has 0 aliphatic heterocycles. The second kappa shape index (κ2) is 10.7. The molecular weight excluding hydrogens is 227 g/mol. The van der Waals surface area contributed by atoms with Gasteiger partial charge < -0.3 is 15.0 Å². The molecule has 0 bridgehead atoms. The molecule has 0 aliphatic carbocycles. The molecule has 83 valence electrons. The van der Waals surface area contributed by atoms with Gasteiger partial charge in [0.1, 0.15) is 5.78 Å². The molecule has 0 aromatic heterocycles. The minimum Gasteiger partial charge on any atom is -0.852 e. The van der Waals surface area contributed by atoms with Crippen LogP contribution < -0.4 is 10.2 Å². The molecule has 0 aliphatic rings. The number of hydrogen-bond donors (Lipinski definition) is 0. The molecule has 0 amide bonds. The fourth-order valence-electron chi connectivity index (χ4n) is 0.620. The van der Waals surface area contributed by atoms with Gasteiger partial charge >= 0.3 is 17.1 Å². The number of Topliss-reactive ketones (excluding diaryl/α,β-unsaturated/α-hetero) is 1. The minimum absolute atomic E-state index is 0. The van der Waals surface area contributed by atoms with E-state index in [9.17, 15) is 19.8 Å². The molecule has 1 radical (unpaired) electrons. The Labute approximate surface area is 95.2 Å². The molecular formula is C9H16MnO4. The van der Waals surface area contributed by atoms with E-state index in [2.05, 4.69) is 0 Å². The Kier molecular flexibility index (Phi) is 14.7. The molecule has 0 heterocycles. The number of rotatable bonds is 3. The average Bonchev–Trinajstić information content (AvgIpc) is 1.84. The van der Waals surface area contributed by atoms with Gasteiger partial charge in [0.15, 0.2) is 0 Å². The van der Waals surface area contributed by atoms with Crippen LogP contribution in [0.3, 0.4) is 0 Å². The number of ketones is 1. The number of carboxylic acids is 1. The monoisotopic (exact) mass is 243 g/mol. The van der Waals surface area contributed by atoms with Crippen molar-refractivity contribution in [2.45, 2.75) is 40.2 Å². The summed E-state index contributed by atoms with van der Waals surface area (Å²) in [6.07, 6.45) is -0.0995. The van der Waals surface area contributed by atoms with Crippen LogP contribution in [0.2, 0.25) is 0 Å². The fraction of sp³-hybridized carbons (Fsp3) is 0.778. The molecule has 0 fully saturated rings. The molecule has 0 N–H and O–H groups in total. The molecule has 4 nitrogen and oxygen atoms in total. The van der Waals surface area contributed by atoms with Gasteiger partial charge in [0.2, 0.25) is 0 Å². The second-order valence-electron chi connectivity index (χ2n) is 2.94. The summed E-state index contributed by atoms with van der Waals surface area (Å²) in [5, 5.41) is 19.6. The topological polar surface area (TPSA) is 80.3 Å². The van der Waals surface area contributed by atoms with Crippen molar-refractivity contribution in [2.24, 2.45) is 5.92 Å². The first kappa shape index (κ1) is 19.2. The van der Waals surface area contributed by atoms with Crippen molar-refractivity contribution in [2.75, 3.05) is 0 Å². The number of aliphatic carboxylic acids is 1. The maximum absolute atomic E-state index is 10.4. The molecule has 0 spiro atoms. The SMILES string of the molecule is CC(C)[O-].CCC(C(C)=O)C(=O)[O-].[Mn+2]. The van der Waals surface area contributed by atoms with Crippen molar-refractivity contribution in [3.63, 3.8) is 0 Å². The van der Waals surface area contributed by atoms with Gasteiger partial charge in [0.05, 0.1) is 11.9 Å². The van der Waals surface area contributed by atoms with Crippen molar-refractivity contribution >= 4 is 11.8 Å². The van der Waals surface area contributed by atoms with E-state index in [1.165, 1.54) is 6.92 Å². The molecule has 14 heavy (non-hydrogen) atoms. The number of carbonyl (C=O) groups is 2. The fourth-order valence-corrected chi connectivity index (χ4v) is 0.620. The largest absolute Gasteiger partial charge is 2.00 e. The summed E-state index contributed by atoms with van der Waals surface area (Å²) in [6, 6.07) is 0. The molecule has 0 rings (SSSR count). The standard InChI is InChI=1S/C6H10O3.C3H7O.Mn/c1-3-5(4(2)7)6(8)9;1-3(2)4;/h5H,3H2,1-2H3,(H,8,9);3H,1-2H3;/q;-1;+2/p-1. The number of carboxylic acid groups (broad SMARTS) is 1. The zero-order valence-corrected chi connectivity index (χ0v) is 10.1. The van der Waals surface area contributed by atoms with Crippen molar-refractivity contribution in [1.82, 2.24) is 0 Å². The Bertz CT molecular complexity index is 151. The molecule has 0 saturated heterocycles. The van der Waals surface area contributed by atoms with Crippen LogP contribution in [0.4, 0.5) is 0 Å². The summed E-state index contributed by atoms with van der Waals surface area (Å²) in [4.78, 5) is 20.4. The zero-order valence-electron chi connectivity index (χ0n) is 8.87. The Hall–Kier alpha value is -0.381. The van der Waals surface area contributed by atoms with E-state index >= 15 is 0 Å². The van der Waals surface area contributed by atoms with Crippen molar-refractivity contribution in [3.05, 3.63) is 0 Å². The van der Waals surface area contributed by atoms with E-state index < -0.39 is 18.0 Å². The minimum atomic E-state index is -1.27. The van der Waals surface area contributed by atoms with E-state index in [0.717, 1.165) is 0 Å². The third-order valence-corrected chi connectivity index (χ3v) is 1.18. The molecule has 5 heteroatoms. The Morgan fingerprint density at radius 1 is 1.29 bits per heavy atom. The van der Waals surface area contributed by atoms with Crippen molar-refractivity contribution in [3.8, 4) is 0 Å². The van der Waals surface area contributed by atoms with E-state index in [4.69, 9.17) is 0 Å². The van der Waals surface area contributed by atoms with Crippen molar-refractivity contribution < 1.29 is 36.9 Å². The van der Waals surface area contributed by atoms with Crippen LogP contribution in [0.15, 0.2) is 0 Å². The van der Waals surface area contributed by atoms with E-state index in [1.54, 1.807) is 20.8 Å². The molecule has 1 atom stereocenters. The van der Waals surface area contributed by atoms with Crippen LogP contribution in [0, 0.1) is 5.92 Å². The van der Waals surface area contributed by atoms with Gasteiger partial charge in [-0.25, -0.2) is 0 Å². The summed E-state index contributed by atoms with van der Waals surface area (Å²) in [6.45, 7) is 6.12. The van der Waals surface area contributed by atoms with E-state index in [0.29, 0.717) is 6.42 Å². The smallest absolute Gasteiger partial charge is 0.852 e. The number of carbonyl (C=O) groups excluding carboxylic acids is 2. The van der Waals surface area contributed by atoms with Gasteiger partial charge in [-0.2, -0.15) is 0 Å². The van der Waals surface area contributed by atoms with Gasteiger partial charge in [-0.15, -0.1) is 6.10 Å². The van der Waals surface area contributed by atoms with E-state index in [-0.39, 0.29) is 22.9 Å². The van der Waals surface area contributed by atoms with Gasteiger partial charge in [-0.3, -0.25) is 4.79 Å². The maximum atomic E-state index is 10.4. The van der Waals surface area contributed by atoms with Gasteiger partial charge in [-0.1, -0.05) is 20.8 Å². The third kappa shape index (κ3) is 14.2. The van der Waals surface area contributed by atoms with Crippen LogP contribution in [-0.2, 0) is 26.7 Å². The first-order chi connectivity index (χ1) is 5.82. The van der Waals surface area contributed by atoms with Gasteiger partial charge in [0, 0.05) is 0 Å². The molecule has 0 aromatic rings. The van der Waals surface area contributed by atoms with Crippen LogP contribution in [0.5, 0.6) is 0 Å². The molecule has 1 unspecified atom stereocenters. The normalized spacial score (nSPS) is 10.7. The predicted octanol–water partition coefficient (Wildman–Crippen LogP) is -0.896. The van der Waals surface area contributed by atoms with Gasteiger partial charge in [-0.05, 0) is 13.3 Å². The molecule has 0 saturated carbocycles. The summed E-state index contributed by atoms with van der Waals surface area (Å²) >= 11 is 0. The predicted molar refractivity (Wildman–Crippen MR) is 44.6 cm³/mol. The Morgan fingerprint density at radius 2 is 1.57 bits per heavy atom. The van der Waals surface area contributed by atoms with Crippen LogP contribution in [0.1, 0.15) is 34.1 Å².